The van der Waals surface area contributed by atoms with Crippen molar-refractivity contribution >= 4 is 40.7 Å². The first-order chi connectivity index (χ1) is 11.4. The van der Waals surface area contributed by atoms with Crippen molar-refractivity contribution < 1.29 is 14.6 Å². The van der Waals surface area contributed by atoms with Gasteiger partial charge in [0.2, 0.25) is 5.88 Å². The Hall–Kier alpha value is -2.02. The first-order valence-electron chi connectivity index (χ1n) is 7.02. The van der Waals surface area contributed by atoms with Crippen LogP contribution in [-0.2, 0) is 6.42 Å². The molecule has 0 amide bonds. The minimum atomic E-state index is -1.39. The van der Waals surface area contributed by atoms with E-state index in [1.54, 1.807) is 34.2 Å². The lowest BCUT2D eigenvalue weighted by Crippen LogP contribution is -2.06. The molecule has 1 aliphatic rings. The van der Waals surface area contributed by atoms with E-state index < -0.39 is 6.16 Å². The summed E-state index contributed by atoms with van der Waals surface area (Å²) in [4.78, 5) is 13.2. The highest BCUT2D eigenvalue weighted by Crippen LogP contribution is 2.47. The molecule has 8 heteroatoms. The van der Waals surface area contributed by atoms with Crippen molar-refractivity contribution in [3.05, 3.63) is 50.3 Å². The van der Waals surface area contributed by atoms with Gasteiger partial charge in [-0.2, -0.15) is 0 Å². The van der Waals surface area contributed by atoms with Crippen LogP contribution in [0.2, 0.25) is 10.0 Å². The number of thiophene rings is 1. The first-order valence-corrected chi connectivity index (χ1v) is 8.59. The van der Waals surface area contributed by atoms with E-state index in [-0.39, 0.29) is 5.88 Å². The molecule has 1 aliphatic carbocycles. The van der Waals surface area contributed by atoms with Gasteiger partial charge < -0.3 is 9.84 Å². The molecule has 3 aromatic rings. The summed E-state index contributed by atoms with van der Waals surface area (Å²) in [5.74, 6) is 0.0876. The number of hydrogen-bond donors (Lipinski definition) is 1. The molecule has 24 heavy (non-hydrogen) atoms. The Bertz CT molecular complexity index is 994. The zero-order chi connectivity index (χ0) is 17.0. The molecule has 0 saturated carbocycles. The Morgan fingerprint density at radius 1 is 1.38 bits per heavy atom. The fourth-order valence-corrected chi connectivity index (χ4v) is 4.48. The number of carbonyl (C=O) groups is 1. The van der Waals surface area contributed by atoms with Crippen LogP contribution in [0.5, 0.6) is 5.88 Å². The van der Waals surface area contributed by atoms with Crippen molar-refractivity contribution in [3.8, 4) is 22.1 Å². The average Bonchev–Trinajstić information content (AvgIpc) is 3.09. The third-order valence-corrected chi connectivity index (χ3v) is 5.42. The monoisotopic (exact) mass is 380 g/mol. The van der Waals surface area contributed by atoms with Crippen molar-refractivity contribution in [2.24, 2.45) is 0 Å². The number of ether oxygens (including phenoxy) is 1. The maximum Gasteiger partial charge on any atom is 0.512 e. The second-order valence-electron chi connectivity index (χ2n) is 5.40. The quantitative estimate of drug-likeness (QED) is 0.486. The molecule has 122 valence electrons. The van der Waals surface area contributed by atoms with Crippen LogP contribution in [0, 0.1) is 6.92 Å². The van der Waals surface area contributed by atoms with E-state index in [9.17, 15) is 4.79 Å². The van der Waals surface area contributed by atoms with Gasteiger partial charge in [-0.25, -0.2) is 9.48 Å². The summed E-state index contributed by atoms with van der Waals surface area (Å²) in [5.41, 5.74) is 3.34. The lowest BCUT2D eigenvalue weighted by atomic mass is 10.2. The van der Waals surface area contributed by atoms with E-state index in [1.165, 1.54) is 4.88 Å². The van der Waals surface area contributed by atoms with Gasteiger partial charge in [0.05, 0.1) is 21.3 Å². The normalized spacial score (nSPS) is 12.1. The molecule has 0 spiro atoms. The van der Waals surface area contributed by atoms with E-state index in [0.29, 0.717) is 22.2 Å². The zero-order valence-corrected chi connectivity index (χ0v) is 14.7. The maximum atomic E-state index is 11.0. The summed E-state index contributed by atoms with van der Waals surface area (Å²) in [6.07, 6.45) is -0.806. The van der Waals surface area contributed by atoms with Crippen LogP contribution in [0.1, 0.15) is 16.0 Å². The summed E-state index contributed by atoms with van der Waals surface area (Å²) in [5, 5.41) is 14.2. The van der Waals surface area contributed by atoms with Crippen molar-refractivity contribution in [3.63, 3.8) is 0 Å². The number of aromatic nitrogens is 2. The average molecular weight is 381 g/mol. The number of rotatable bonds is 2. The van der Waals surface area contributed by atoms with E-state index in [2.05, 4.69) is 11.2 Å². The van der Waals surface area contributed by atoms with Gasteiger partial charge in [-0.15, -0.1) is 16.4 Å². The first kappa shape index (κ1) is 15.5. The summed E-state index contributed by atoms with van der Waals surface area (Å²) < 4.78 is 6.51. The molecule has 1 N–H and O–H groups in total. The minimum Gasteiger partial charge on any atom is -0.449 e. The fraction of sp³-hybridized carbons (Fsp3) is 0.125. The maximum absolute atomic E-state index is 11.0. The predicted octanol–water partition coefficient (Wildman–Crippen LogP) is 5.18. The van der Waals surface area contributed by atoms with Crippen LogP contribution in [0.25, 0.3) is 16.3 Å². The fourth-order valence-electron chi connectivity index (χ4n) is 2.90. The molecule has 0 atom stereocenters. The van der Waals surface area contributed by atoms with Crippen molar-refractivity contribution in [2.75, 3.05) is 0 Å². The SMILES string of the molecule is Cc1cc2c(s1)-c1c(c(OC(=O)O)nn1-c1ccc(Cl)cc1Cl)C2. The molecular formula is C16H10Cl2N2O3S. The van der Waals surface area contributed by atoms with E-state index in [1.807, 2.05) is 6.92 Å². The zero-order valence-electron chi connectivity index (χ0n) is 12.3. The molecule has 2 aromatic heterocycles. The van der Waals surface area contributed by atoms with Crippen LogP contribution in [0.3, 0.4) is 0 Å². The molecule has 0 unspecified atom stereocenters. The molecule has 5 nitrogen and oxygen atoms in total. The summed E-state index contributed by atoms with van der Waals surface area (Å²) >= 11 is 13.9. The number of fused-ring (bicyclic) bond motifs is 3. The molecule has 0 fully saturated rings. The highest BCUT2D eigenvalue weighted by molar-refractivity contribution is 7.15. The lowest BCUT2D eigenvalue weighted by Gasteiger charge is -2.08. The number of hydrogen-bond acceptors (Lipinski definition) is 4. The van der Waals surface area contributed by atoms with Gasteiger partial charge in [0.25, 0.3) is 0 Å². The number of halogens is 2. The van der Waals surface area contributed by atoms with Crippen molar-refractivity contribution in [1.82, 2.24) is 9.78 Å². The van der Waals surface area contributed by atoms with Gasteiger partial charge in [0.1, 0.15) is 0 Å². The predicted molar refractivity (Wildman–Crippen MR) is 93.1 cm³/mol. The van der Waals surface area contributed by atoms with Crippen LogP contribution in [-0.4, -0.2) is 21.0 Å². The van der Waals surface area contributed by atoms with Gasteiger partial charge in [-0.05, 0) is 36.8 Å². The van der Waals surface area contributed by atoms with Crippen LogP contribution < -0.4 is 4.74 Å². The molecule has 0 aliphatic heterocycles. The van der Waals surface area contributed by atoms with Gasteiger partial charge in [0.15, 0.2) is 0 Å². The molecule has 4 rings (SSSR count). The molecular weight excluding hydrogens is 371 g/mol. The topological polar surface area (TPSA) is 64.3 Å². The van der Waals surface area contributed by atoms with Gasteiger partial charge in [-0.3, -0.25) is 0 Å². The summed E-state index contributed by atoms with van der Waals surface area (Å²) in [6, 6.07) is 7.18. The number of carboxylic acid groups (broad SMARTS) is 1. The molecule has 0 bridgehead atoms. The van der Waals surface area contributed by atoms with E-state index in [4.69, 9.17) is 33.0 Å². The number of benzene rings is 1. The number of aryl methyl sites for hydroxylation is 1. The van der Waals surface area contributed by atoms with Gasteiger partial charge >= 0.3 is 6.16 Å². The Labute approximate surface area is 151 Å². The highest BCUT2D eigenvalue weighted by Gasteiger charge is 2.32. The Morgan fingerprint density at radius 3 is 2.88 bits per heavy atom. The second kappa shape index (κ2) is 5.51. The standard InChI is InChI=1S/C16H10Cl2N2O3S/c1-7-4-8-5-10-13(14(8)24-7)20(19-15(10)23-16(21)22)12-3-2-9(17)6-11(12)18/h2-4,6H,5H2,1H3,(H,21,22). The molecule has 1 aromatic carbocycles. The molecule has 0 saturated heterocycles. The Morgan fingerprint density at radius 2 is 2.17 bits per heavy atom. The van der Waals surface area contributed by atoms with Crippen LogP contribution >= 0.6 is 34.5 Å². The summed E-state index contributed by atoms with van der Waals surface area (Å²) in [7, 11) is 0. The molecule has 0 radical (unpaired) electrons. The Kier molecular flexibility index (Phi) is 3.56. The van der Waals surface area contributed by atoms with E-state index >= 15 is 0 Å². The highest BCUT2D eigenvalue weighted by atomic mass is 35.5. The van der Waals surface area contributed by atoms with Crippen molar-refractivity contribution in [2.45, 2.75) is 13.3 Å². The van der Waals surface area contributed by atoms with Gasteiger partial charge in [0, 0.05) is 21.9 Å². The minimum absolute atomic E-state index is 0.0876. The lowest BCUT2D eigenvalue weighted by molar-refractivity contribution is 0.142. The second-order valence-corrected chi connectivity index (χ2v) is 7.50. The third-order valence-electron chi connectivity index (χ3n) is 3.78. The van der Waals surface area contributed by atoms with Crippen molar-refractivity contribution in [1.29, 1.82) is 0 Å². The third kappa shape index (κ3) is 2.38. The smallest absolute Gasteiger partial charge is 0.449 e. The van der Waals surface area contributed by atoms with Crippen LogP contribution in [0.4, 0.5) is 4.79 Å². The number of nitrogens with zero attached hydrogens (tertiary/aromatic N) is 2. The van der Waals surface area contributed by atoms with E-state index in [0.717, 1.165) is 21.7 Å². The van der Waals surface area contributed by atoms with Crippen LogP contribution in [0.15, 0.2) is 24.3 Å². The largest absolute Gasteiger partial charge is 0.512 e. The summed E-state index contributed by atoms with van der Waals surface area (Å²) in [6.45, 7) is 2.04. The molecule has 2 heterocycles. The van der Waals surface area contributed by atoms with Gasteiger partial charge in [-0.1, -0.05) is 23.2 Å². The Balaban J connectivity index is 1.96.